The van der Waals surface area contributed by atoms with Crippen LogP contribution < -0.4 is 10.6 Å². The molecule has 120 valence electrons. The van der Waals surface area contributed by atoms with Gasteiger partial charge in [-0.3, -0.25) is 9.59 Å². The second-order valence-electron chi connectivity index (χ2n) is 6.29. The van der Waals surface area contributed by atoms with Crippen molar-refractivity contribution in [3.63, 3.8) is 0 Å². The minimum atomic E-state index is -0.0149. The minimum absolute atomic E-state index is 0.0149. The summed E-state index contributed by atoms with van der Waals surface area (Å²) in [6.07, 6.45) is 8.32. The third kappa shape index (κ3) is 3.35. The Kier molecular flexibility index (Phi) is 4.81. The summed E-state index contributed by atoms with van der Waals surface area (Å²) in [4.78, 5) is 26.0. The van der Waals surface area contributed by atoms with Crippen molar-refractivity contribution in [2.75, 3.05) is 11.9 Å². The predicted octanol–water partition coefficient (Wildman–Crippen LogP) is 3.51. The minimum Gasteiger partial charge on any atom is -0.352 e. The lowest BCUT2D eigenvalue weighted by Crippen LogP contribution is -2.26. The lowest BCUT2D eigenvalue weighted by atomic mass is 9.95. The molecule has 2 aliphatic rings. The molecule has 0 atom stereocenters. The second kappa shape index (κ2) is 6.82. The third-order valence-corrected chi connectivity index (χ3v) is 5.61. The van der Waals surface area contributed by atoms with Crippen molar-refractivity contribution in [1.29, 1.82) is 0 Å². The number of hydrogen-bond donors (Lipinski definition) is 2. The van der Waals surface area contributed by atoms with E-state index < -0.39 is 0 Å². The van der Waals surface area contributed by atoms with Gasteiger partial charge in [0.05, 0.1) is 5.56 Å². The highest BCUT2D eigenvalue weighted by molar-refractivity contribution is 7.17. The summed E-state index contributed by atoms with van der Waals surface area (Å²) in [5.41, 5.74) is 1.92. The van der Waals surface area contributed by atoms with Gasteiger partial charge in [0.15, 0.2) is 0 Å². The van der Waals surface area contributed by atoms with Crippen LogP contribution in [0.4, 0.5) is 5.00 Å². The van der Waals surface area contributed by atoms with E-state index >= 15 is 0 Å². The van der Waals surface area contributed by atoms with Gasteiger partial charge in [-0.15, -0.1) is 11.3 Å². The average molecular weight is 320 g/mol. The van der Waals surface area contributed by atoms with Gasteiger partial charge >= 0.3 is 0 Å². The zero-order chi connectivity index (χ0) is 15.5. The third-order valence-electron chi connectivity index (χ3n) is 4.40. The van der Waals surface area contributed by atoms with E-state index in [4.69, 9.17) is 0 Å². The highest BCUT2D eigenvalue weighted by Gasteiger charge is 2.32. The summed E-state index contributed by atoms with van der Waals surface area (Å²) >= 11 is 1.61. The highest BCUT2D eigenvalue weighted by Crippen LogP contribution is 2.39. The zero-order valence-corrected chi connectivity index (χ0v) is 14.0. The first kappa shape index (κ1) is 15.5. The van der Waals surface area contributed by atoms with Crippen LogP contribution in [0.2, 0.25) is 0 Å². The van der Waals surface area contributed by atoms with E-state index in [0.717, 1.165) is 55.5 Å². The van der Waals surface area contributed by atoms with E-state index in [0.29, 0.717) is 6.54 Å². The van der Waals surface area contributed by atoms with Crippen molar-refractivity contribution >= 4 is 28.2 Å². The van der Waals surface area contributed by atoms with Crippen molar-refractivity contribution in [3.05, 3.63) is 16.0 Å². The van der Waals surface area contributed by atoms with Gasteiger partial charge in [0, 0.05) is 17.3 Å². The van der Waals surface area contributed by atoms with Crippen molar-refractivity contribution in [3.8, 4) is 0 Å². The van der Waals surface area contributed by atoms with Gasteiger partial charge in [-0.1, -0.05) is 13.3 Å². The molecule has 0 aromatic carbocycles. The van der Waals surface area contributed by atoms with Gasteiger partial charge in [-0.2, -0.15) is 0 Å². The van der Waals surface area contributed by atoms with E-state index in [1.165, 1.54) is 16.9 Å². The molecule has 3 rings (SSSR count). The molecule has 0 unspecified atom stereocenters. The monoisotopic (exact) mass is 320 g/mol. The largest absolute Gasteiger partial charge is 0.352 e. The summed E-state index contributed by atoms with van der Waals surface area (Å²) in [7, 11) is 0. The molecule has 1 heterocycles. The summed E-state index contributed by atoms with van der Waals surface area (Å²) in [6.45, 7) is 2.82. The van der Waals surface area contributed by atoms with Crippen LogP contribution in [0.5, 0.6) is 0 Å². The number of rotatable bonds is 6. The molecule has 2 aliphatic carbocycles. The maximum Gasteiger partial charge on any atom is 0.254 e. The Hall–Kier alpha value is -1.36. The Bertz CT molecular complexity index is 575. The first-order valence-corrected chi connectivity index (χ1v) is 9.26. The molecule has 5 heteroatoms. The van der Waals surface area contributed by atoms with E-state index in [9.17, 15) is 9.59 Å². The van der Waals surface area contributed by atoms with Crippen LogP contribution in [-0.4, -0.2) is 18.4 Å². The number of carbonyl (C=O) groups excluding carboxylic acids is 2. The van der Waals surface area contributed by atoms with Crippen LogP contribution in [0.15, 0.2) is 0 Å². The molecule has 4 nitrogen and oxygen atoms in total. The molecule has 22 heavy (non-hydrogen) atoms. The fourth-order valence-electron chi connectivity index (χ4n) is 2.92. The standard InChI is InChI=1S/C17H24N2O2S/c1-2-3-10-18-16(21)14-12-6-4-5-7-13(12)22-17(14)19-15(20)11-8-9-11/h11H,2-10H2,1H3,(H,18,21)(H,19,20). The van der Waals surface area contributed by atoms with Crippen LogP contribution in [0, 0.1) is 5.92 Å². The molecule has 0 aliphatic heterocycles. The maximum absolute atomic E-state index is 12.6. The maximum atomic E-state index is 12.6. The molecular weight excluding hydrogens is 296 g/mol. The number of carbonyl (C=O) groups is 2. The Labute approximate surface area is 135 Å². The van der Waals surface area contributed by atoms with Crippen molar-refractivity contribution in [2.45, 2.75) is 58.3 Å². The topological polar surface area (TPSA) is 58.2 Å². The molecule has 0 bridgehead atoms. The van der Waals surface area contributed by atoms with Gasteiger partial charge in [0.1, 0.15) is 5.00 Å². The fourth-order valence-corrected chi connectivity index (χ4v) is 4.21. The molecule has 0 radical (unpaired) electrons. The van der Waals surface area contributed by atoms with Gasteiger partial charge in [-0.25, -0.2) is 0 Å². The highest BCUT2D eigenvalue weighted by atomic mass is 32.1. The number of hydrogen-bond acceptors (Lipinski definition) is 3. The Morgan fingerprint density at radius 1 is 1.23 bits per heavy atom. The first-order chi connectivity index (χ1) is 10.7. The van der Waals surface area contributed by atoms with Crippen LogP contribution in [0.3, 0.4) is 0 Å². The molecule has 1 aromatic heterocycles. The van der Waals surface area contributed by atoms with E-state index in [-0.39, 0.29) is 17.7 Å². The molecule has 1 saturated carbocycles. The van der Waals surface area contributed by atoms with Crippen molar-refractivity contribution < 1.29 is 9.59 Å². The van der Waals surface area contributed by atoms with E-state index in [2.05, 4.69) is 17.6 Å². The molecular formula is C17H24N2O2S. The van der Waals surface area contributed by atoms with E-state index in [1.54, 1.807) is 11.3 Å². The predicted molar refractivity (Wildman–Crippen MR) is 89.6 cm³/mol. The molecule has 0 spiro atoms. The molecule has 1 aromatic rings. The van der Waals surface area contributed by atoms with Crippen molar-refractivity contribution in [2.24, 2.45) is 5.92 Å². The van der Waals surface area contributed by atoms with Gasteiger partial charge < -0.3 is 10.6 Å². The Balaban J connectivity index is 1.82. The van der Waals surface area contributed by atoms with Crippen LogP contribution in [-0.2, 0) is 17.6 Å². The summed E-state index contributed by atoms with van der Waals surface area (Å²) in [5, 5.41) is 6.81. The van der Waals surface area contributed by atoms with Gasteiger partial charge in [-0.05, 0) is 50.5 Å². The SMILES string of the molecule is CCCCNC(=O)c1c(NC(=O)C2CC2)sc2c1CCCC2. The lowest BCUT2D eigenvalue weighted by molar-refractivity contribution is -0.117. The average Bonchev–Trinajstić information content (AvgIpc) is 3.29. The fraction of sp³-hybridized carbons (Fsp3) is 0.647. The number of nitrogens with one attached hydrogen (secondary N) is 2. The number of amides is 2. The Morgan fingerprint density at radius 3 is 2.73 bits per heavy atom. The number of anilines is 1. The van der Waals surface area contributed by atoms with Crippen molar-refractivity contribution in [1.82, 2.24) is 5.32 Å². The smallest absolute Gasteiger partial charge is 0.254 e. The van der Waals surface area contributed by atoms with E-state index in [1.807, 2.05) is 0 Å². The molecule has 0 saturated heterocycles. The van der Waals surface area contributed by atoms with Crippen LogP contribution in [0.25, 0.3) is 0 Å². The number of thiophene rings is 1. The normalized spacial score (nSPS) is 17.0. The van der Waals surface area contributed by atoms with Crippen LogP contribution >= 0.6 is 11.3 Å². The summed E-state index contributed by atoms with van der Waals surface area (Å²) in [6, 6.07) is 0. The second-order valence-corrected chi connectivity index (χ2v) is 7.39. The first-order valence-electron chi connectivity index (χ1n) is 8.44. The van der Waals surface area contributed by atoms with Gasteiger partial charge in [0.2, 0.25) is 5.91 Å². The molecule has 1 fully saturated rings. The number of aryl methyl sites for hydroxylation is 1. The van der Waals surface area contributed by atoms with Gasteiger partial charge in [0.25, 0.3) is 5.91 Å². The summed E-state index contributed by atoms with van der Waals surface area (Å²) in [5.74, 6) is 0.232. The summed E-state index contributed by atoms with van der Waals surface area (Å²) < 4.78 is 0. The molecule has 2 amide bonds. The lowest BCUT2D eigenvalue weighted by Gasteiger charge is -2.13. The molecule has 2 N–H and O–H groups in total. The van der Waals surface area contributed by atoms with Crippen LogP contribution in [0.1, 0.15) is 66.2 Å². The number of fused-ring (bicyclic) bond motifs is 1. The Morgan fingerprint density at radius 2 is 2.00 bits per heavy atom. The number of unbranched alkanes of at least 4 members (excludes halogenated alkanes) is 1. The quantitative estimate of drug-likeness (QED) is 0.788. The zero-order valence-electron chi connectivity index (χ0n) is 13.2.